The largest absolute Gasteiger partial charge is 0.494 e. The third-order valence-corrected chi connectivity index (χ3v) is 11.5. The predicted molar refractivity (Wildman–Crippen MR) is 203 cm³/mol. The van der Waals surface area contributed by atoms with Crippen LogP contribution >= 0.6 is 18.7 Å². The van der Waals surface area contributed by atoms with Gasteiger partial charge < -0.3 is 24.8 Å². The standard InChI is InChI=1S/C37H37ClFN8O6P/c1-53-30-17-22(8-9-27(30)42-37-40-19-25(38)33(44-37)41-28-6-4-5-7-31(28)54(2,3)52)46-14-12-45(13-15-46)20-21-16-23-24(18-26(21)39)36(51)47(35(23)50)29-10-11-32(48)43-34(29)49/h4-9,16-19,29H,10-15,20H2,1-3H3,(H,43,48,49)(H2,40,41,42,44). The number of amides is 4. The molecule has 17 heteroatoms. The van der Waals surface area contributed by atoms with Crippen LogP contribution in [0.3, 0.4) is 0 Å². The number of aromatic nitrogens is 2. The molecule has 0 aliphatic carbocycles. The molecule has 54 heavy (non-hydrogen) atoms. The smallest absolute Gasteiger partial charge is 0.262 e. The van der Waals surface area contributed by atoms with E-state index in [1.165, 1.54) is 12.3 Å². The molecule has 4 amide bonds. The number of piperidine rings is 1. The number of hydrogen-bond acceptors (Lipinski definition) is 12. The summed E-state index contributed by atoms with van der Waals surface area (Å²) in [5.41, 5.74) is 2.41. The average Bonchev–Trinajstić information content (AvgIpc) is 3.37. The van der Waals surface area contributed by atoms with Crippen molar-refractivity contribution in [3.63, 3.8) is 0 Å². The number of methoxy groups -OCH3 is 1. The summed E-state index contributed by atoms with van der Waals surface area (Å²) in [7, 11) is -1.02. The summed E-state index contributed by atoms with van der Waals surface area (Å²) in [5.74, 6) is -2.04. The Hall–Kier alpha value is -5.37. The van der Waals surface area contributed by atoms with Crippen molar-refractivity contribution in [2.45, 2.75) is 25.4 Å². The van der Waals surface area contributed by atoms with Gasteiger partial charge in [0, 0.05) is 61.8 Å². The number of hydrogen-bond donors (Lipinski definition) is 3. The SMILES string of the molecule is COc1cc(N2CCN(Cc3cc4c(cc3F)C(=O)N(C3CCC(=O)NC3=O)C4=O)CC2)ccc1Nc1ncc(Cl)c(Nc2ccccc2P(C)(C)=O)n1. The quantitative estimate of drug-likeness (QED) is 0.150. The van der Waals surface area contributed by atoms with E-state index in [2.05, 4.69) is 35.7 Å². The van der Waals surface area contributed by atoms with E-state index < -0.39 is 42.6 Å². The van der Waals surface area contributed by atoms with Gasteiger partial charge in [0.05, 0.1) is 35.8 Å². The lowest BCUT2D eigenvalue weighted by Gasteiger charge is -2.36. The molecule has 0 radical (unpaired) electrons. The zero-order valence-electron chi connectivity index (χ0n) is 29.7. The lowest BCUT2D eigenvalue weighted by molar-refractivity contribution is -0.136. The zero-order chi connectivity index (χ0) is 38.3. The van der Waals surface area contributed by atoms with Crippen LogP contribution < -0.4 is 30.9 Å². The maximum absolute atomic E-state index is 15.3. The molecule has 7 rings (SSSR count). The number of benzene rings is 3. The highest BCUT2D eigenvalue weighted by Crippen LogP contribution is 2.39. The Balaban J connectivity index is 0.995. The first-order valence-electron chi connectivity index (χ1n) is 17.2. The van der Waals surface area contributed by atoms with Crippen molar-refractivity contribution in [2.24, 2.45) is 0 Å². The Kier molecular flexibility index (Phi) is 10.1. The molecule has 0 saturated carbocycles. The Bertz CT molecular complexity index is 2240. The third-order valence-electron chi connectivity index (χ3n) is 9.65. The first-order valence-corrected chi connectivity index (χ1v) is 20.2. The fraction of sp³-hybridized carbons (Fsp3) is 0.297. The van der Waals surface area contributed by atoms with Gasteiger partial charge in [-0.25, -0.2) is 9.37 Å². The number of fused-ring (bicyclic) bond motifs is 1. The number of imide groups is 2. The van der Waals surface area contributed by atoms with E-state index in [-0.39, 0.29) is 47.0 Å². The van der Waals surface area contributed by atoms with Gasteiger partial charge in [0.1, 0.15) is 29.8 Å². The van der Waals surface area contributed by atoms with E-state index in [1.54, 1.807) is 20.4 Å². The number of rotatable bonds is 10. The van der Waals surface area contributed by atoms with Gasteiger partial charge in [0.25, 0.3) is 11.8 Å². The van der Waals surface area contributed by atoms with E-state index in [0.717, 1.165) is 16.7 Å². The average molecular weight is 775 g/mol. The van der Waals surface area contributed by atoms with Crippen molar-refractivity contribution < 1.29 is 32.9 Å². The van der Waals surface area contributed by atoms with Crippen LogP contribution in [0.1, 0.15) is 39.1 Å². The monoisotopic (exact) mass is 774 g/mol. The van der Waals surface area contributed by atoms with Gasteiger partial charge in [-0.2, -0.15) is 4.98 Å². The van der Waals surface area contributed by atoms with Crippen molar-refractivity contribution in [1.29, 1.82) is 0 Å². The van der Waals surface area contributed by atoms with Crippen LogP contribution in [0, 0.1) is 5.82 Å². The molecule has 4 heterocycles. The normalized spacial score (nSPS) is 17.8. The molecular formula is C37H37ClFN8O6P. The third kappa shape index (κ3) is 7.39. The summed E-state index contributed by atoms with van der Waals surface area (Å²) in [6, 6.07) is 14.4. The predicted octanol–water partition coefficient (Wildman–Crippen LogP) is 4.74. The molecule has 1 aromatic heterocycles. The van der Waals surface area contributed by atoms with Crippen molar-refractivity contribution in [1.82, 2.24) is 25.1 Å². The lowest BCUT2D eigenvalue weighted by atomic mass is 10.0. The zero-order valence-corrected chi connectivity index (χ0v) is 31.3. The Morgan fingerprint density at radius 3 is 2.39 bits per heavy atom. The first-order chi connectivity index (χ1) is 25.8. The molecular weight excluding hydrogens is 738 g/mol. The van der Waals surface area contributed by atoms with Gasteiger partial charge in [-0.05, 0) is 56.1 Å². The molecule has 3 aliphatic rings. The second-order valence-corrected chi connectivity index (χ2v) is 17.2. The molecule has 14 nitrogen and oxygen atoms in total. The van der Waals surface area contributed by atoms with E-state index in [0.29, 0.717) is 54.4 Å². The molecule has 280 valence electrons. The first kappa shape index (κ1) is 37.0. The molecule has 2 saturated heterocycles. The van der Waals surface area contributed by atoms with E-state index >= 15 is 4.39 Å². The number of nitrogens with zero attached hydrogens (tertiary/aromatic N) is 5. The fourth-order valence-corrected chi connectivity index (χ4v) is 8.15. The summed E-state index contributed by atoms with van der Waals surface area (Å²) in [6.07, 6.45) is 1.50. The van der Waals surface area contributed by atoms with Crippen LogP contribution in [0.15, 0.2) is 60.8 Å². The van der Waals surface area contributed by atoms with Crippen molar-refractivity contribution >= 4 is 76.5 Å². The molecule has 3 N–H and O–H groups in total. The van der Waals surface area contributed by atoms with Crippen LogP contribution in [0.5, 0.6) is 5.75 Å². The number of para-hydroxylation sites is 1. The highest BCUT2D eigenvalue weighted by molar-refractivity contribution is 7.70. The summed E-state index contributed by atoms with van der Waals surface area (Å²) in [4.78, 5) is 64.3. The Morgan fingerprint density at radius 1 is 0.963 bits per heavy atom. The second kappa shape index (κ2) is 14.8. The van der Waals surface area contributed by atoms with Crippen molar-refractivity contribution in [2.75, 3.05) is 62.2 Å². The minimum atomic E-state index is -2.58. The lowest BCUT2D eigenvalue weighted by Crippen LogP contribution is -2.54. The number of ether oxygens (including phenoxy) is 1. The number of carbonyl (C=O) groups excluding carboxylic acids is 4. The highest BCUT2D eigenvalue weighted by Gasteiger charge is 2.45. The topological polar surface area (TPSA) is 166 Å². The summed E-state index contributed by atoms with van der Waals surface area (Å²) in [6.45, 7) is 6.06. The maximum Gasteiger partial charge on any atom is 0.262 e. The minimum Gasteiger partial charge on any atom is -0.494 e. The summed E-state index contributed by atoms with van der Waals surface area (Å²) < 4.78 is 33.9. The minimum absolute atomic E-state index is 0.00183. The van der Waals surface area contributed by atoms with Gasteiger partial charge in [-0.1, -0.05) is 23.7 Å². The Morgan fingerprint density at radius 2 is 1.69 bits per heavy atom. The molecule has 1 unspecified atom stereocenters. The number of piperazine rings is 1. The van der Waals surface area contributed by atoms with Crippen molar-refractivity contribution in [3.05, 3.63) is 88.3 Å². The number of nitrogens with one attached hydrogen (secondary N) is 3. The van der Waals surface area contributed by atoms with E-state index in [9.17, 15) is 23.7 Å². The van der Waals surface area contributed by atoms with Gasteiger partial charge in [0.15, 0.2) is 5.82 Å². The van der Waals surface area contributed by atoms with Crippen LogP contribution in [0.4, 0.5) is 33.2 Å². The molecule has 3 aliphatic heterocycles. The van der Waals surface area contributed by atoms with Gasteiger partial charge in [-0.3, -0.25) is 34.3 Å². The number of halogens is 2. The molecule has 0 spiro atoms. The fourth-order valence-electron chi connectivity index (χ4n) is 6.85. The number of carbonyl (C=O) groups is 4. The maximum atomic E-state index is 15.3. The number of anilines is 5. The molecule has 3 aromatic carbocycles. The Labute approximate surface area is 315 Å². The van der Waals surface area contributed by atoms with Gasteiger partial charge >= 0.3 is 0 Å². The highest BCUT2D eigenvalue weighted by atomic mass is 35.5. The van der Waals surface area contributed by atoms with E-state index in [1.807, 2.05) is 42.5 Å². The molecule has 2 fully saturated rings. The van der Waals surface area contributed by atoms with Crippen LogP contribution in [0.25, 0.3) is 0 Å². The summed E-state index contributed by atoms with van der Waals surface area (Å²) >= 11 is 6.43. The van der Waals surface area contributed by atoms with Crippen LogP contribution in [-0.2, 0) is 20.7 Å². The van der Waals surface area contributed by atoms with E-state index in [4.69, 9.17) is 16.3 Å². The molecule has 1 atom stereocenters. The van der Waals surface area contributed by atoms with Crippen molar-refractivity contribution in [3.8, 4) is 5.75 Å². The summed E-state index contributed by atoms with van der Waals surface area (Å²) in [5, 5.41) is 9.52. The van der Waals surface area contributed by atoms with Gasteiger partial charge in [-0.15, -0.1) is 0 Å². The van der Waals surface area contributed by atoms with Crippen LogP contribution in [0.2, 0.25) is 5.02 Å². The van der Waals surface area contributed by atoms with Gasteiger partial charge in [0.2, 0.25) is 17.8 Å². The van der Waals surface area contributed by atoms with Crippen LogP contribution in [-0.4, -0.2) is 96.1 Å². The second-order valence-electron chi connectivity index (χ2n) is 13.6. The molecule has 4 aromatic rings. The molecule has 0 bridgehead atoms.